The minimum absolute atomic E-state index is 0.0201. The van der Waals surface area contributed by atoms with Crippen LogP contribution in [-0.2, 0) is 19.6 Å². The van der Waals surface area contributed by atoms with Gasteiger partial charge in [0.1, 0.15) is 0 Å². The van der Waals surface area contributed by atoms with E-state index in [4.69, 9.17) is 16.3 Å². The number of amides is 1. The Morgan fingerprint density at radius 2 is 2.08 bits per heavy atom. The maximum atomic E-state index is 12.5. The average molecular weight is 403 g/mol. The molecule has 0 spiro atoms. The highest BCUT2D eigenvalue weighted by atomic mass is 35.5. The molecule has 26 heavy (non-hydrogen) atoms. The molecule has 9 heteroatoms. The monoisotopic (exact) mass is 402 g/mol. The van der Waals surface area contributed by atoms with Gasteiger partial charge < -0.3 is 10.1 Å². The van der Waals surface area contributed by atoms with E-state index >= 15 is 0 Å². The van der Waals surface area contributed by atoms with Gasteiger partial charge in [-0.2, -0.15) is 0 Å². The summed E-state index contributed by atoms with van der Waals surface area (Å²) >= 11 is 6.09. The number of rotatable bonds is 6. The van der Waals surface area contributed by atoms with Gasteiger partial charge in [0.15, 0.2) is 0 Å². The van der Waals surface area contributed by atoms with Gasteiger partial charge in [-0.05, 0) is 44.9 Å². The van der Waals surface area contributed by atoms with E-state index in [0.717, 1.165) is 0 Å². The van der Waals surface area contributed by atoms with Gasteiger partial charge in [0.05, 0.1) is 28.9 Å². The fourth-order valence-electron chi connectivity index (χ4n) is 2.80. The Balaban J connectivity index is 2.05. The van der Waals surface area contributed by atoms with Gasteiger partial charge in [-0.1, -0.05) is 11.6 Å². The third kappa shape index (κ3) is 4.96. The third-order valence-electron chi connectivity index (χ3n) is 4.25. The van der Waals surface area contributed by atoms with Crippen LogP contribution in [0.2, 0.25) is 5.02 Å². The highest BCUT2D eigenvalue weighted by Crippen LogP contribution is 2.24. The summed E-state index contributed by atoms with van der Waals surface area (Å²) in [6.07, 6.45) is 1.26. The molecule has 1 aromatic carbocycles. The lowest BCUT2D eigenvalue weighted by atomic mass is 9.98. The minimum Gasteiger partial charge on any atom is -0.462 e. The molecule has 0 aromatic heterocycles. The summed E-state index contributed by atoms with van der Waals surface area (Å²) in [4.78, 5) is 24.2. The second-order valence-electron chi connectivity index (χ2n) is 6.00. The molecule has 0 aliphatic carbocycles. The molecule has 0 bridgehead atoms. The van der Waals surface area contributed by atoms with Crippen LogP contribution in [0.5, 0.6) is 0 Å². The number of esters is 1. The van der Waals surface area contributed by atoms with Crippen molar-refractivity contribution in [2.75, 3.05) is 30.8 Å². The largest absolute Gasteiger partial charge is 0.462 e. The lowest BCUT2D eigenvalue weighted by Crippen LogP contribution is -2.44. The van der Waals surface area contributed by atoms with Crippen LogP contribution in [-0.4, -0.2) is 50.0 Å². The second-order valence-corrected chi connectivity index (χ2v) is 8.67. The lowest BCUT2D eigenvalue weighted by Gasteiger charge is -2.30. The van der Waals surface area contributed by atoms with Gasteiger partial charge in [0.2, 0.25) is 15.9 Å². The van der Waals surface area contributed by atoms with Crippen LogP contribution in [0.15, 0.2) is 18.2 Å². The van der Waals surface area contributed by atoms with E-state index < -0.39 is 21.9 Å². The van der Waals surface area contributed by atoms with Crippen molar-refractivity contribution in [3.05, 3.63) is 28.8 Å². The van der Waals surface area contributed by atoms with Gasteiger partial charge in [-0.3, -0.25) is 4.79 Å². The number of anilines is 1. The molecule has 0 unspecified atom stereocenters. The van der Waals surface area contributed by atoms with Gasteiger partial charge in [-0.25, -0.2) is 17.5 Å². The average Bonchev–Trinajstić information content (AvgIpc) is 2.62. The van der Waals surface area contributed by atoms with E-state index in [1.807, 2.05) is 0 Å². The number of hydrogen-bond acceptors (Lipinski definition) is 5. The zero-order valence-electron chi connectivity index (χ0n) is 14.8. The van der Waals surface area contributed by atoms with Crippen LogP contribution in [0.25, 0.3) is 0 Å². The molecule has 1 fully saturated rings. The Hall–Kier alpha value is -1.64. The van der Waals surface area contributed by atoms with E-state index in [-0.39, 0.29) is 35.4 Å². The van der Waals surface area contributed by atoms with Gasteiger partial charge in [-0.15, -0.1) is 0 Å². The first-order chi connectivity index (χ1) is 12.3. The molecule has 1 atom stereocenters. The van der Waals surface area contributed by atoms with Crippen molar-refractivity contribution >= 4 is 39.2 Å². The Labute approximate surface area is 158 Å². The Kier molecular flexibility index (Phi) is 7.02. The molecule has 1 aliphatic heterocycles. The van der Waals surface area contributed by atoms with Crippen LogP contribution in [0, 0.1) is 5.92 Å². The summed E-state index contributed by atoms with van der Waals surface area (Å²) < 4.78 is 30.3. The van der Waals surface area contributed by atoms with Crippen molar-refractivity contribution in [3.8, 4) is 0 Å². The molecule has 0 saturated carbocycles. The predicted octanol–water partition coefficient (Wildman–Crippen LogP) is 2.52. The quantitative estimate of drug-likeness (QED) is 0.738. The first kappa shape index (κ1) is 20.7. The normalized spacial score (nSPS) is 18.3. The molecule has 1 N–H and O–H groups in total. The van der Waals surface area contributed by atoms with Gasteiger partial charge >= 0.3 is 5.97 Å². The topological polar surface area (TPSA) is 92.8 Å². The number of sulfonamides is 1. The van der Waals surface area contributed by atoms with Crippen LogP contribution in [0.4, 0.5) is 5.69 Å². The smallest absolute Gasteiger partial charge is 0.339 e. The van der Waals surface area contributed by atoms with Crippen molar-refractivity contribution < 1.29 is 22.7 Å². The third-order valence-corrected chi connectivity index (χ3v) is 6.41. The number of benzene rings is 1. The van der Waals surface area contributed by atoms with E-state index in [1.165, 1.54) is 16.4 Å². The number of nitrogens with one attached hydrogen (secondary N) is 1. The number of carbonyl (C=O) groups is 2. The molecule has 144 valence electrons. The number of halogens is 1. The maximum Gasteiger partial charge on any atom is 0.339 e. The second kappa shape index (κ2) is 8.83. The first-order valence-corrected chi connectivity index (χ1v) is 10.5. The Bertz CT molecular complexity index is 781. The molecule has 1 aromatic rings. The van der Waals surface area contributed by atoms with Crippen molar-refractivity contribution in [2.24, 2.45) is 5.92 Å². The van der Waals surface area contributed by atoms with E-state index in [2.05, 4.69) is 5.32 Å². The highest BCUT2D eigenvalue weighted by molar-refractivity contribution is 7.89. The van der Waals surface area contributed by atoms with Crippen LogP contribution < -0.4 is 5.32 Å². The van der Waals surface area contributed by atoms with E-state index in [1.54, 1.807) is 19.9 Å². The van der Waals surface area contributed by atoms with Crippen molar-refractivity contribution in [1.82, 2.24) is 4.31 Å². The molecule has 2 rings (SSSR count). The lowest BCUT2D eigenvalue weighted by molar-refractivity contribution is -0.120. The molecule has 7 nitrogen and oxygen atoms in total. The number of hydrogen-bond donors (Lipinski definition) is 1. The Morgan fingerprint density at radius 3 is 2.69 bits per heavy atom. The molecule has 1 aliphatic rings. The van der Waals surface area contributed by atoms with Crippen LogP contribution in [0.1, 0.15) is 37.0 Å². The summed E-state index contributed by atoms with van der Waals surface area (Å²) in [5.74, 6) is -1.19. The number of nitrogens with zero attached hydrogens (tertiary/aromatic N) is 1. The maximum absolute atomic E-state index is 12.5. The summed E-state index contributed by atoms with van der Waals surface area (Å²) in [5.41, 5.74) is 0.674. The van der Waals surface area contributed by atoms with Gasteiger partial charge in [0, 0.05) is 18.8 Å². The highest BCUT2D eigenvalue weighted by Gasteiger charge is 2.31. The standard InChI is InChI=1S/C17H23ClN2O5S/c1-3-25-17(22)14-8-7-13(10-15(14)18)19-16(21)12-6-5-9-20(11-12)26(23,24)4-2/h7-8,10,12H,3-6,9,11H2,1-2H3,(H,19,21)/t12-/m1/s1. The summed E-state index contributed by atoms with van der Waals surface area (Å²) in [6.45, 7) is 4.15. The molecule has 1 heterocycles. The van der Waals surface area contributed by atoms with Crippen molar-refractivity contribution in [1.29, 1.82) is 0 Å². The number of carbonyl (C=O) groups excluding carboxylic acids is 2. The minimum atomic E-state index is -3.31. The SMILES string of the molecule is CCOC(=O)c1ccc(NC(=O)[C@@H]2CCCN(S(=O)(=O)CC)C2)cc1Cl. The Morgan fingerprint density at radius 1 is 1.35 bits per heavy atom. The first-order valence-electron chi connectivity index (χ1n) is 8.53. The van der Waals surface area contributed by atoms with Crippen LogP contribution >= 0.6 is 11.6 Å². The molecule has 0 radical (unpaired) electrons. The molecule has 1 saturated heterocycles. The molecular formula is C17H23ClN2O5S. The predicted molar refractivity (Wildman–Crippen MR) is 99.8 cm³/mol. The van der Waals surface area contributed by atoms with Crippen molar-refractivity contribution in [2.45, 2.75) is 26.7 Å². The van der Waals surface area contributed by atoms with E-state index in [9.17, 15) is 18.0 Å². The fourth-order valence-corrected chi connectivity index (χ4v) is 4.24. The van der Waals surface area contributed by atoms with Crippen LogP contribution in [0.3, 0.4) is 0 Å². The fraction of sp³-hybridized carbons (Fsp3) is 0.529. The molecular weight excluding hydrogens is 380 g/mol. The number of piperidine rings is 1. The number of ether oxygens (including phenoxy) is 1. The zero-order valence-corrected chi connectivity index (χ0v) is 16.4. The molecule has 1 amide bonds. The summed E-state index contributed by atoms with van der Waals surface area (Å²) in [6, 6.07) is 4.54. The zero-order chi connectivity index (χ0) is 19.3. The van der Waals surface area contributed by atoms with E-state index in [0.29, 0.717) is 25.1 Å². The summed E-state index contributed by atoms with van der Waals surface area (Å²) in [5, 5.41) is 2.92. The summed E-state index contributed by atoms with van der Waals surface area (Å²) in [7, 11) is -3.31. The van der Waals surface area contributed by atoms with Crippen molar-refractivity contribution in [3.63, 3.8) is 0 Å². The van der Waals surface area contributed by atoms with Gasteiger partial charge in [0.25, 0.3) is 0 Å².